The minimum Gasteiger partial charge on any atom is -0.404 e. The molecule has 0 bridgehead atoms. The zero-order valence-corrected chi connectivity index (χ0v) is 17.6. The Labute approximate surface area is 178 Å². The average molecular weight is 404 g/mol. The lowest BCUT2D eigenvalue weighted by Crippen LogP contribution is -2.25. The van der Waals surface area contributed by atoms with Crippen molar-refractivity contribution in [2.75, 3.05) is 0 Å². The van der Waals surface area contributed by atoms with Crippen LogP contribution in [0.2, 0.25) is 0 Å². The van der Waals surface area contributed by atoms with Crippen LogP contribution in [-0.2, 0) is 24.3 Å². The zero-order valence-electron chi connectivity index (χ0n) is 17.6. The number of amides is 1. The van der Waals surface area contributed by atoms with Crippen molar-refractivity contribution >= 4 is 17.8 Å². The van der Waals surface area contributed by atoms with Gasteiger partial charge < -0.3 is 16.8 Å². The fourth-order valence-corrected chi connectivity index (χ4v) is 2.40. The Balaban J connectivity index is 0.00000218. The van der Waals surface area contributed by atoms with Gasteiger partial charge in [0, 0.05) is 24.7 Å². The van der Waals surface area contributed by atoms with Gasteiger partial charge in [-0.3, -0.25) is 9.79 Å². The maximum absolute atomic E-state index is 12.3. The normalized spacial score (nSPS) is 10.6. The molecule has 156 valence electrons. The van der Waals surface area contributed by atoms with Crippen LogP contribution in [0, 0.1) is 11.3 Å². The number of nitrogens with two attached hydrogens (primary N) is 2. The Bertz CT molecular complexity index is 920. The first-order valence-electron chi connectivity index (χ1n) is 9.72. The number of carbonyl (C=O) groups excluding carboxylic acids is 1. The second-order valence-corrected chi connectivity index (χ2v) is 6.15. The Kier molecular flexibility index (Phi) is 10.8. The lowest BCUT2D eigenvalue weighted by atomic mass is 10.1. The maximum atomic E-state index is 12.3. The van der Waals surface area contributed by atoms with E-state index in [0.717, 1.165) is 22.3 Å². The molecule has 1 amide bonds. The van der Waals surface area contributed by atoms with Gasteiger partial charge in [-0.1, -0.05) is 69.0 Å². The first-order chi connectivity index (χ1) is 14.5. The molecule has 6 nitrogen and oxygen atoms in total. The average Bonchev–Trinajstić information content (AvgIpc) is 2.78. The van der Waals surface area contributed by atoms with Crippen LogP contribution in [0.5, 0.6) is 0 Å². The molecule has 0 saturated heterocycles. The zero-order chi connectivity index (χ0) is 22.4. The highest BCUT2D eigenvalue weighted by molar-refractivity contribution is 6.11. The molecule has 5 N–H and O–H groups in total. The molecule has 2 aromatic rings. The van der Waals surface area contributed by atoms with Gasteiger partial charge in [-0.25, -0.2) is 0 Å². The van der Waals surface area contributed by atoms with Gasteiger partial charge in [0.2, 0.25) is 0 Å². The number of hydrogen-bond acceptors (Lipinski definition) is 5. The Morgan fingerprint density at radius 2 is 1.67 bits per heavy atom. The maximum Gasteiger partial charge on any atom is 0.254 e. The highest BCUT2D eigenvalue weighted by Gasteiger charge is 2.06. The van der Waals surface area contributed by atoms with Gasteiger partial charge in [-0.15, -0.1) is 0 Å². The second kappa shape index (κ2) is 13.3. The van der Waals surface area contributed by atoms with E-state index in [1.165, 1.54) is 12.4 Å². The van der Waals surface area contributed by atoms with E-state index in [2.05, 4.69) is 23.0 Å². The molecule has 0 aliphatic rings. The van der Waals surface area contributed by atoms with Crippen molar-refractivity contribution in [3.05, 3.63) is 89.1 Å². The molecule has 0 aromatic heterocycles. The number of benzene rings is 2. The fourth-order valence-electron chi connectivity index (χ4n) is 2.40. The predicted octanol–water partition coefficient (Wildman–Crippen LogP) is 3.44. The van der Waals surface area contributed by atoms with Gasteiger partial charge in [0.15, 0.2) is 0 Å². The van der Waals surface area contributed by atoms with Crippen molar-refractivity contribution in [3.8, 4) is 6.07 Å². The van der Waals surface area contributed by atoms with Crippen LogP contribution < -0.4 is 16.8 Å². The predicted molar refractivity (Wildman–Crippen MR) is 123 cm³/mol. The Morgan fingerprint density at radius 1 is 1.10 bits per heavy atom. The summed E-state index contributed by atoms with van der Waals surface area (Å²) < 4.78 is 0. The highest BCUT2D eigenvalue weighted by Crippen LogP contribution is 2.09. The molecule has 6 heteroatoms. The fraction of sp³-hybridized carbons (Fsp3) is 0.208. The third-order valence-corrected chi connectivity index (χ3v) is 4.03. The van der Waals surface area contributed by atoms with E-state index in [1.807, 2.05) is 62.4 Å². The molecule has 2 rings (SSSR count). The van der Waals surface area contributed by atoms with Crippen molar-refractivity contribution in [2.24, 2.45) is 16.5 Å². The summed E-state index contributed by atoms with van der Waals surface area (Å²) in [6.45, 7) is 8.47. The first-order valence-corrected chi connectivity index (χ1v) is 9.72. The van der Waals surface area contributed by atoms with Crippen molar-refractivity contribution in [1.82, 2.24) is 5.32 Å². The van der Waals surface area contributed by atoms with Crippen LogP contribution in [0.25, 0.3) is 5.70 Å². The van der Waals surface area contributed by atoms with Gasteiger partial charge in [-0.05, 0) is 22.3 Å². The number of hydrogen-bond donors (Lipinski definition) is 3. The number of carbonyl (C=O) groups is 1. The van der Waals surface area contributed by atoms with Gasteiger partial charge in [0.1, 0.15) is 0 Å². The number of nitriles is 1. The van der Waals surface area contributed by atoms with E-state index >= 15 is 0 Å². The number of rotatable bonds is 8. The quantitative estimate of drug-likeness (QED) is 0.462. The molecule has 30 heavy (non-hydrogen) atoms. The van der Waals surface area contributed by atoms with E-state index in [-0.39, 0.29) is 11.5 Å². The van der Waals surface area contributed by atoms with Crippen LogP contribution in [-0.4, -0.2) is 12.1 Å². The van der Waals surface area contributed by atoms with Crippen molar-refractivity contribution in [1.29, 1.82) is 5.26 Å². The van der Waals surface area contributed by atoms with Crippen LogP contribution in [0.3, 0.4) is 0 Å². The monoisotopic (exact) mass is 403 g/mol. The molecule has 0 fully saturated rings. The molecule has 0 aliphatic carbocycles. The summed E-state index contributed by atoms with van der Waals surface area (Å²) in [5.41, 5.74) is 15.7. The molecule has 0 radical (unpaired) electrons. The molecule has 0 atom stereocenters. The number of nitrogens with one attached hydrogen (secondary N) is 1. The summed E-state index contributed by atoms with van der Waals surface area (Å²) in [4.78, 5) is 16.5. The minimum absolute atomic E-state index is 0.285. The lowest BCUT2D eigenvalue weighted by Gasteiger charge is -2.07. The molecular formula is C24H29N5O. The Hall–Kier alpha value is -3.85. The highest BCUT2D eigenvalue weighted by atomic mass is 16.1. The van der Waals surface area contributed by atoms with E-state index in [1.54, 1.807) is 0 Å². The summed E-state index contributed by atoms with van der Waals surface area (Å²) in [7, 11) is 0. The largest absolute Gasteiger partial charge is 0.404 e. The third kappa shape index (κ3) is 8.03. The molecule has 0 spiro atoms. The standard InChI is InChI=1S/C22H23N5O.C2H6/c1-16(25)20-8-6-19(7-9-20)14-27-22(28)21(12-24)15-26-13-18-4-2-17(3-5-18)10-11-23;1-2/h2-9,12,15H,1,10,13-14,24-25H2,(H,27,28);1-2H3/b21-12+,26-15?;. The second-order valence-electron chi connectivity index (χ2n) is 6.15. The summed E-state index contributed by atoms with van der Waals surface area (Å²) in [6.07, 6.45) is 3.07. The summed E-state index contributed by atoms with van der Waals surface area (Å²) >= 11 is 0. The van der Waals surface area contributed by atoms with Crippen molar-refractivity contribution < 1.29 is 4.79 Å². The van der Waals surface area contributed by atoms with Gasteiger partial charge in [0.25, 0.3) is 5.91 Å². The first kappa shape index (κ1) is 24.2. The third-order valence-electron chi connectivity index (χ3n) is 4.03. The lowest BCUT2D eigenvalue weighted by molar-refractivity contribution is -0.117. The topological polar surface area (TPSA) is 117 Å². The number of aliphatic imine (C=N–C) groups is 1. The van der Waals surface area contributed by atoms with Gasteiger partial charge in [-0.2, -0.15) is 5.26 Å². The SMILES string of the molecule is C=C(N)c1ccc(CNC(=O)/C(C=NCc2ccc(CC#N)cc2)=C/N)cc1.CC. The summed E-state index contributed by atoms with van der Waals surface area (Å²) in [5, 5.41) is 11.5. The molecule has 0 saturated carbocycles. The molecule has 0 unspecified atom stereocenters. The van der Waals surface area contributed by atoms with Crippen LogP contribution in [0.1, 0.15) is 36.1 Å². The van der Waals surface area contributed by atoms with Crippen molar-refractivity contribution in [3.63, 3.8) is 0 Å². The summed E-state index contributed by atoms with van der Waals surface area (Å²) in [5.74, 6) is -0.303. The number of nitrogens with zero attached hydrogens (tertiary/aromatic N) is 2. The molecular weight excluding hydrogens is 374 g/mol. The Morgan fingerprint density at radius 3 is 2.20 bits per heavy atom. The van der Waals surface area contributed by atoms with Gasteiger partial charge in [0.05, 0.1) is 24.6 Å². The minimum atomic E-state index is -0.303. The molecule has 2 aromatic carbocycles. The van der Waals surface area contributed by atoms with Gasteiger partial charge >= 0.3 is 0 Å². The van der Waals surface area contributed by atoms with Crippen LogP contribution in [0.15, 0.2) is 71.9 Å². The van der Waals surface area contributed by atoms with Crippen LogP contribution >= 0.6 is 0 Å². The summed E-state index contributed by atoms with van der Waals surface area (Å²) in [6, 6.07) is 17.2. The van der Waals surface area contributed by atoms with E-state index in [0.29, 0.717) is 25.2 Å². The van der Waals surface area contributed by atoms with Crippen molar-refractivity contribution in [2.45, 2.75) is 33.4 Å². The van der Waals surface area contributed by atoms with Crippen LogP contribution in [0.4, 0.5) is 0 Å². The van der Waals surface area contributed by atoms with E-state index in [4.69, 9.17) is 16.7 Å². The molecule has 0 aliphatic heterocycles. The smallest absolute Gasteiger partial charge is 0.254 e. The molecule has 0 heterocycles. The van der Waals surface area contributed by atoms with E-state index < -0.39 is 0 Å². The van der Waals surface area contributed by atoms with E-state index in [9.17, 15) is 4.79 Å².